The fourth-order valence-corrected chi connectivity index (χ4v) is 1.76. The van der Waals surface area contributed by atoms with E-state index < -0.39 is 11.6 Å². The Kier molecular flexibility index (Phi) is 3.11. The van der Waals surface area contributed by atoms with Gasteiger partial charge < -0.3 is 4.74 Å². The molecule has 0 radical (unpaired) electrons. The first-order chi connectivity index (χ1) is 7.87. The van der Waals surface area contributed by atoms with E-state index >= 15 is 0 Å². The summed E-state index contributed by atoms with van der Waals surface area (Å²) in [5.74, 6) is -1.57. The molecule has 0 amide bonds. The zero-order valence-electron chi connectivity index (χ0n) is 10.5. The van der Waals surface area contributed by atoms with Gasteiger partial charge in [0.05, 0.1) is 6.10 Å². The van der Waals surface area contributed by atoms with Gasteiger partial charge in [-0.2, -0.15) is 4.39 Å². The molecule has 0 aliphatic heterocycles. The third-order valence-electron chi connectivity index (χ3n) is 2.66. The van der Waals surface area contributed by atoms with Crippen molar-refractivity contribution < 1.29 is 13.5 Å². The van der Waals surface area contributed by atoms with E-state index in [0.717, 1.165) is 18.4 Å². The Balaban J connectivity index is 2.32. The van der Waals surface area contributed by atoms with Gasteiger partial charge in [-0.1, -0.05) is 26.8 Å². The quantitative estimate of drug-likeness (QED) is 0.773. The predicted molar refractivity (Wildman–Crippen MR) is 63.2 cm³/mol. The zero-order chi connectivity index (χ0) is 12.6. The van der Waals surface area contributed by atoms with Gasteiger partial charge >= 0.3 is 0 Å². The minimum Gasteiger partial charge on any atom is -0.487 e. The second-order valence-electron chi connectivity index (χ2n) is 5.90. The number of hydrogen-bond acceptors (Lipinski definition) is 1. The molecule has 0 heterocycles. The number of hydrogen-bond donors (Lipinski definition) is 0. The van der Waals surface area contributed by atoms with Crippen LogP contribution in [-0.2, 0) is 6.42 Å². The summed E-state index contributed by atoms with van der Waals surface area (Å²) in [4.78, 5) is 0. The van der Waals surface area contributed by atoms with Crippen LogP contribution >= 0.6 is 0 Å². The van der Waals surface area contributed by atoms with Crippen molar-refractivity contribution in [1.82, 2.24) is 0 Å². The Morgan fingerprint density at radius 3 is 2.41 bits per heavy atom. The second kappa shape index (κ2) is 4.28. The number of rotatable bonds is 3. The lowest BCUT2D eigenvalue weighted by molar-refractivity contribution is 0.274. The van der Waals surface area contributed by atoms with Crippen LogP contribution < -0.4 is 4.74 Å². The molecule has 0 N–H and O–H groups in total. The number of ether oxygens (including phenoxy) is 1. The molecule has 0 bridgehead atoms. The normalized spacial score (nSPS) is 16.1. The van der Waals surface area contributed by atoms with Crippen LogP contribution in [0.5, 0.6) is 5.75 Å². The van der Waals surface area contributed by atoms with E-state index in [1.54, 1.807) is 6.07 Å². The van der Waals surface area contributed by atoms with Crippen molar-refractivity contribution >= 4 is 0 Å². The molecule has 1 aromatic rings. The molecule has 2 rings (SSSR count). The van der Waals surface area contributed by atoms with E-state index in [1.807, 2.05) is 0 Å². The van der Waals surface area contributed by atoms with Crippen LogP contribution in [-0.4, -0.2) is 6.10 Å². The van der Waals surface area contributed by atoms with E-state index in [1.165, 1.54) is 6.07 Å². The number of halogens is 2. The standard InChI is InChI=1S/C14H18F2O/c1-14(2,3)8-9-4-7-11(15)12(16)13(9)17-10-5-6-10/h4,7,10H,5-6,8H2,1-3H3. The van der Waals surface area contributed by atoms with Gasteiger partial charge in [0.2, 0.25) is 5.82 Å². The lowest BCUT2D eigenvalue weighted by atomic mass is 9.87. The summed E-state index contributed by atoms with van der Waals surface area (Å²) in [6.07, 6.45) is 2.62. The van der Waals surface area contributed by atoms with Crippen molar-refractivity contribution in [3.05, 3.63) is 29.3 Å². The molecule has 0 atom stereocenters. The van der Waals surface area contributed by atoms with Gasteiger partial charge in [0.25, 0.3) is 0 Å². The van der Waals surface area contributed by atoms with E-state index in [9.17, 15) is 8.78 Å². The van der Waals surface area contributed by atoms with E-state index in [-0.39, 0.29) is 17.3 Å². The topological polar surface area (TPSA) is 9.23 Å². The first-order valence-corrected chi connectivity index (χ1v) is 6.00. The Morgan fingerprint density at radius 1 is 1.24 bits per heavy atom. The Morgan fingerprint density at radius 2 is 1.88 bits per heavy atom. The van der Waals surface area contributed by atoms with Crippen molar-refractivity contribution in [1.29, 1.82) is 0 Å². The number of benzene rings is 1. The predicted octanol–water partition coefficient (Wildman–Crippen LogP) is 4.09. The van der Waals surface area contributed by atoms with Gasteiger partial charge in [-0.05, 0) is 36.3 Å². The summed E-state index contributed by atoms with van der Waals surface area (Å²) >= 11 is 0. The molecule has 1 nitrogen and oxygen atoms in total. The highest BCUT2D eigenvalue weighted by atomic mass is 19.2. The molecule has 17 heavy (non-hydrogen) atoms. The first-order valence-electron chi connectivity index (χ1n) is 6.00. The summed E-state index contributed by atoms with van der Waals surface area (Å²) in [5.41, 5.74) is 0.773. The molecule has 3 heteroatoms. The molecule has 1 fully saturated rings. The molecule has 0 aromatic heterocycles. The van der Waals surface area contributed by atoms with Crippen molar-refractivity contribution in [3.8, 4) is 5.75 Å². The average molecular weight is 240 g/mol. The molecule has 94 valence electrons. The molecule has 1 aliphatic rings. The minimum absolute atomic E-state index is 0.0198. The van der Waals surface area contributed by atoms with Gasteiger partial charge in [0.15, 0.2) is 11.6 Å². The molecular weight excluding hydrogens is 222 g/mol. The summed E-state index contributed by atoms with van der Waals surface area (Å²) < 4.78 is 32.4. The highest BCUT2D eigenvalue weighted by molar-refractivity contribution is 5.37. The van der Waals surface area contributed by atoms with Crippen LogP contribution in [0.15, 0.2) is 12.1 Å². The van der Waals surface area contributed by atoms with E-state index in [2.05, 4.69) is 20.8 Å². The SMILES string of the molecule is CC(C)(C)Cc1ccc(F)c(F)c1OC1CC1. The average Bonchev–Trinajstić information content (AvgIpc) is 2.99. The van der Waals surface area contributed by atoms with Crippen molar-refractivity contribution in [2.24, 2.45) is 5.41 Å². The van der Waals surface area contributed by atoms with Gasteiger partial charge in [-0.3, -0.25) is 0 Å². The fourth-order valence-electron chi connectivity index (χ4n) is 1.76. The molecule has 1 saturated carbocycles. The summed E-state index contributed by atoms with van der Waals surface area (Å²) in [6.45, 7) is 6.19. The summed E-state index contributed by atoms with van der Waals surface area (Å²) in [5, 5.41) is 0. The van der Waals surface area contributed by atoms with E-state index in [4.69, 9.17) is 4.74 Å². The highest BCUT2D eigenvalue weighted by Gasteiger charge is 2.28. The Bertz CT molecular complexity index is 417. The van der Waals surface area contributed by atoms with Gasteiger partial charge in [-0.15, -0.1) is 0 Å². The maximum absolute atomic E-state index is 13.7. The molecule has 1 aromatic carbocycles. The van der Waals surface area contributed by atoms with Crippen LogP contribution in [0.2, 0.25) is 0 Å². The summed E-state index contributed by atoms with van der Waals surface area (Å²) in [7, 11) is 0. The Labute approximate surface area is 101 Å². The van der Waals surface area contributed by atoms with Crippen LogP contribution in [0, 0.1) is 17.0 Å². The molecule has 0 saturated heterocycles. The van der Waals surface area contributed by atoms with Crippen LogP contribution in [0.3, 0.4) is 0 Å². The van der Waals surface area contributed by atoms with Crippen LogP contribution in [0.1, 0.15) is 39.2 Å². The minimum atomic E-state index is -0.848. The maximum atomic E-state index is 13.7. The fraction of sp³-hybridized carbons (Fsp3) is 0.571. The third kappa shape index (κ3) is 3.18. The summed E-state index contributed by atoms with van der Waals surface area (Å²) in [6, 6.07) is 2.80. The van der Waals surface area contributed by atoms with Crippen molar-refractivity contribution in [2.75, 3.05) is 0 Å². The van der Waals surface area contributed by atoms with Gasteiger partial charge in [-0.25, -0.2) is 4.39 Å². The largest absolute Gasteiger partial charge is 0.487 e. The van der Waals surface area contributed by atoms with Gasteiger partial charge in [0.1, 0.15) is 0 Å². The molecule has 1 aliphatic carbocycles. The monoisotopic (exact) mass is 240 g/mol. The lowest BCUT2D eigenvalue weighted by Crippen LogP contribution is -2.12. The molecule has 0 spiro atoms. The Hall–Kier alpha value is -1.12. The van der Waals surface area contributed by atoms with Crippen LogP contribution in [0.25, 0.3) is 0 Å². The first kappa shape index (κ1) is 12.3. The zero-order valence-corrected chi connectivity index (χ0v) is 10.5. The van der Waals surface area contributed by atoms with E-state index in [0.29, 0.717) is 6.42 Å². The van der Waals surface area contributed by atoms with Crippen molar-refractivity contribution in [2.45, 2.75) is 46.1 Å². The van der Waals surface area contributed by atoms with Crippen LogP contribution in [0.4, 0.5) is 8.78 Å². The smallest absolute Gasteiger partial charge is 0.200 e. The van der Waals surface area contributed by atoms with Crippen molar-refractivity contribution in [3.63, 3.8) is 0 Å². The second-order valence-corrected chi connectivity index (χ2v) is 5.90. The third-order valence-corrected chi connectivity index (χ3v) is 2.66. The lowest BCUT2D eigenvalue weighted by Gasteiger charge is -2.21. The highest BCUT2D eigenvalue weighted by Crippen LogP contribution is 2.35. The maximum Gasteiger partial charge on any atom is 0.200 e. The molecule has 0 unspecified atom stereocenters. The molecular formula is C14H18F2O. The van der Waals surface area contributed by atoms with Gasteiger partial charge in [0, 0.05) is 0 Å².